The van der Waals surface area contributed by atoms with Crippen LogP contribution < -0.4 is 0 Å². The standard InChI is InChI=1S/C18H16N2O2/c1-13-7-9-14(10-8-13)17-11-16(12-18(21)22)20(19-17)15-5-3-2-4-6-15/h2-11H,12H2,1H3,(H,21,22). The molecule has 0 aliphatic carbocycles. The van der Waals surface area contributed by atoms with Crippen molar-refractivity contribution in [2.24, 2.45) is 0 Å². The van der Waals surface area contributed by atoms with Crippen molar-refractivity contribution in [1.29, 1.82) is 0 Å². The molecule has 110 valence electrons. The number of nitrogens with zero attached hydrogens (tertiary/aromatic N) is 2. The minimum atomic E-state index is -0.868. The van der Waals surface area contributed by atoms with Crippen molar-refractivity contribution >= 4 is 5.97 Å². The summed E-state index contributed by atoms with van der Waals surface area (Å²) in [5, 5.41) is 13.7. The average Bonchev–Trinajstić information content (AvgIpc) is 2.92. The molecule has 3 aromatic rings. The van der Waals surface area contributed by atoms with E-state index >= 15 is 0 Å². The van der Waals surface area contributed by atoms with E-state index in [1.165, 1.54) is 5.56 Å². The maximum atomic E-state index is 11.1. The van der Waals surface area contributed by atoms with Crippen LogP contribution in [0.2, 0.25) is 0 Å². The Kier molecular flexibility index (Phi) is 3.74. The first-order chi connectivity index (χ1) is 10.6. The first-order valence-electron chi connectivity index (χ1n) is 7.07. The van der Waals surface area contributed by atoms with Gasteiger partial charge in [0, 0.05) is 5.56 Å². The predicted octanol–water partition coefficient (Wildman–Crippen LogP) is 3.47. The highest BCUT2D eigenvalue weighted by Crippen LogP contribution is 2.22. The largest absolute Gasteiger partial charge is 0.481 e. The van der Waals surface area contributed by atoms with Gasteiger partial charge in [-0.05, 0) is 25.1 Å². The number of aliphatic carboxylic acids is 1. The molecule has 1 N–H and O–H groups in total. The minimum absolute atomic E-state index is 0.0618. The Morgan fingerprint density at radius 2 is 1.77 bits per heavy atom. The molecular formula is C18H16N2O2. The molecule has 4 nitrogen and oxygen atoms in total. The third-order valence-electron chi connectivity index (χ3n) is 3.46. The van der Waals surface area contributed by atoms with E-state index < -0.39 is 5.97 Å². The average molecular weight is 292 g/mol. The third kappa shape index (κ3) is 2.91. The lowest BCUT2D eigenvalue weighted by Gasteiger charge is -2.05. The zero-order chi connectivity index (χ0) is 15.5. The van der Waals surface area contributed by atoms with Crippen molar-refractivity contribution < 1.29 is 9.90 Å². The van der Waals surface area contributed by atoms with Gasteiger partial charge < -0.3 is 5.11 Å². The summed E-state index contributed by atoms with van der Waals surface area (Å²) in [7, 11) is 0. The van der Waals surface area contributed by atoms with Crippen LogP contribution in [0.3, 0.4) is 0 Å². The second-order valence-electron chi connectivity index (χ2n) is 5.20. The number of rotatable bonds is 4. The summed E-state index contributed by atoms with van der Waals surface area (Å²) >= 11 is 0. The topological polar surface area (TPSA) is 55.1 Å². The molecule has 0 saturated carbocycles. The van der Waals surface area contributed by atoms with E-state index in [2.05, 4.69) is 5.10 Å². The molecule has 2 aromatic carbocycles. The van der Waals surface area contributed by atoms with Crippen LogP contribution >= 0.6 is 0 Å². The maximum absolute atomic E-state index is 11.1. The molecule has 0 bridgehead atoms. The second kappa shape index (κ2) is 5.85. The first-order valence-corrected chi connectivity index (χ1v) is 7.07. The van der Waals surface area contributed by atoms with Gasteiger partial charge >= 0.3 is 5.97 Å². The normalized spacial score (nSPS) is 10.6. The maximum Gasteiger partial charge on any atom is 0.309 e. The van der Waals surface area contributed by atoms with Crippen molar-refractivity contribution in [3.63, 3.8) is 0 Å². The Bertz CT molecular complexity index is 790. The lowest BCUT2D eigenvalue weighted by molar-refractivity contribution is -0.136. The van der Waals surface area contributed by atoms with E-state index in [9.17, 15) is 4.79 Å². The smallest absolute Gasteiger partial charge is 0.309 e. The van der Waals surface area contributed by atoms with Crippen LogP contribution in [0.4, 0.5) is 0 Å². The summed E-state index contributed by atoms with van der Waals surface area (Å²) in [6.07, 6.45) is -0.0618. The Labute approximate surface area is 128 Å². The van der Waals surface area contributed by atoms with E-state index in [-0.39, 0.29) is 6.42 Å². The van der Waals surface area contributed by atoms with E-state index in [0.717, 1.165) is 16.9 Å². The predicted molar refractivity (Wildman–Crippen MR) is 85.1 cm³/mol. The molecule has 0 fully saturated rings. The molecule has 0 unspecified atom stereocenters. The molecule has 0 amide bonds. The quantitative estimate of drug-likeness (QED) is 0.801. The number of hydrogen-bond acceptors (Lipinski definition) is 2. The van der Waals surface area contributed by atoms with E-state index in [0.29, 0.717) is 5.69 Å². The Morgan fingerprint density at radius 3 is 2.41 bits per heavy atom. The van der Waals surface area contributed by atoms with Crippen molar-refractivity contribution in [3.05, 3.63) is 71.9 Å². The number of carboxylic acids is 1. The van der Waals surface area contributed by atoms with Gasteiger partial charge in [-0.2, -0.15) is 5.10 Å². The van der Waals surface area contributed by atoms with Gasteiger partial charge in [-0.15, -0.1) is 0 Å². The van der Waals surface area contributed by atoms with Gasteiger partial charge in [-0.25, -0.2) is 4.68 Å². The molecule has 0 spiro atoms. The zero-order valence-electron chi connectivity index (χ0n) is 12.2. The highest BCUT2D eigenvalue weighted by atomic mass is 16.4. The first kappa shape index (κ1) is 14.1. The summed E-state index contributed by atoms with van der Waals surface area (Å²) in [5.41, 5.74) is 4.45. The van der Waals surface area contributed by atoms with E-state index in [4.69, 9.17) is 5.11 Å². The van der Waals surface area contributed by atoms with Crippen LogP contribution in [0.25, 0.3) is 16.9 Å². The molecule has 1 heterocycles. The summed E-state index contributed by atoms with van der Waals surface area (Å²) in [4.78, 5) is 11.1. The molecule has 0 aliphatic heterocycles. The summed E-state index contributed by atoms with van der Waals surface area (Å²) < 4.78 is 1.70. The van der Waals surface area contributed by atoms with Crippen molar-refractivity contribution in [2.75, 3.05) is 0 Å². The van der Waals surface area contributed by atoms with E-state index in [1.54, 1.807) is 4.68 Å². The Balaban J connectivity index is 2.08. The summed E-state index contributed by atoms with van der Waals surface area (Å²) in [6.45, 7) is 2.03. The third-order valence-corrected chi connectivity index (χ3v) is 3.46. The van der Waals surface area contributed by atoms with Gasteiger partial charge in [0.25, 0.3) is 0 Å². The van der Waals surface area contributed by atoms with Gasteiger partial charge in [0.15, 0.2) is 0 Å². The second-order valence-corrected chi connectivity index (χ2v) is 5.20. The van der Waals surface area contributed by atoms with E-state index in [1.807, 2.05) is 67.6 Å². The minimum Gasteiger partial charge on any atom is -0.481 e. The SMILES string of the molecule is Cc1ccc(-c2cc(CC(=O)O)n(-c3ccccc3)n2)cc1. The summed E-state index contributed by atoms with van der Waals surface area (Å²) in [6, 6.07) is 19.4. The zero-order valence-corrected chi connectivity index (χ0v) is 12.2. The molecule has 0 saturated heterocycles. The van der Waals surface area contributed by atoms with Gasteiger partial charge in [-0.1, -0.05) is 48.0 Å². The number of aromatic nitrogens is 2. The van der Waals surface area contributed by atoms with Gasteiger partial charge in [0.1, 0.15) is 0 Å². The highest BCUT2D eigenvalue weighted by Gasteiger charge is 2.13. The monoisotopic (exact) mass is 292 g/mol. The molecular weight excluding hydrogens is 276 g/mol. The van der Waals surface area contributed by atoms with Crippen molar-refractivity contribution in [1.82, 2.24) is 9.78 Å². The Morgan fingerprint density at radius 1 is 1.09 bits per heavy atom. The molecule has 0 atom stereocenters. The van der Waals surface area contributed by atoms with Gasteiger partial charge in [-0.3, -0.25) is 4.79 Å². The number of hydrogen-bond donors (Lipinski definition) is 1. The lowest BCUT2D eigenvalue weighted by Crippen LogP contribution is -2.07. The molecule has 3 rings (SSSR count). The van der Waals surface area contributed by atoms with Crippen LogP contribution in [0.15, 0.2) is 60.7 Å². The highest BCUT2D eigenvalue weighted by molar-refractivity contribution is 5.71. The fourth-order valence-electron chi connectivity index (χ4n) is 2.36. The molecule has 0 aliphatic rings. The summed E-state index contributed by atoms with van der Waals surface area (Å²) in [5.74, 6) is -0.868. The number of carboxylic acid groups (broad SMARTS) is 1. The number of carbonyl (C=O) groups is 1. The Hall–Kier alpha value is -2.88. The van der Waals surface area contributed by atoms with Crippen LogP contribution in [-0.4, -0.2) is 20.9 Å². The number of aryl methyl sites for hydroxylation is 1. The molecule has 4 heteroatoms. The van der Waals surface area contributed by atoms with Crippen LogP contribution in [0, 0.1) is 6.92 Å². The number of para-hydroxylation sites is 1. The lowest BCUT2D eigenvalue weighted by atomic mass is 10.1. The van der Waals surface area contributed by atoms with Crippen LogP contribution in [0.1, 0.15) is 11.3 Å². The van der Waals surface area contributed by atoms with Gasteiger partial charge in [0.2, 0.25) is 0 Å². The van der Waals surface area contributed by atoms with Crippen molar-refractivity contribution in [3.8, 4) is 16.9 Å². The van der Waals surface area contributed by atoms with Crippen molar-refractivity contribution in [2.45, 2.75) is 13.3 Å². The fourth-order valence-corrected chi connectivity index (χ4v) is 2.36. The molecule has 22 heavy (non-hydrogen) atoms. The van der Waals surface area contributed by atoms with Crippen LogP contribution in [0.5, 0.6) is 0 Å². The molecule has 1 aromatic heterocycles. The molecule has 0 radical (unpaired) electrons. The number of benzene rings is 2. The van der Waals surface area contributed by atoms with Crippen LogP contribution in [-0.2, 0) is 11.2 Å². The van der Waals surface area contributed by atoms with Gasteiger partial charge in [0.05, 0.1) is 23.5 Å². The fraction of sp³-hybridized carbons (Fsp3) is 0.111.